The minimum absolute atomic E-state index is 0.430. The average Bonchev–Trinajstić information content (AvgIpc) is 2.90. The molecule has 3 aromatic rings. The molecule has 0 spiro atoms. The Morgan fingerprint density at radius 3 is 2.46 bits per heavy atom. The number of aromatic nitrogens is 2. The quantitative estimate of drug-likeness (QED) is 0.699. The van der Waals surface area contributed by atoms with Gasteiger partial charge in [-0.05, 0) is 35.4 Å². The summed E-state index contributed by atoms with van der Waals surface area (Å²) in [5.74, 6) is 0. The molecule has 0 aliphatic carbocycles. The van der Waals surface area contributed by atoms with E-state index in [0.29, 0.717) is 16.4 Å². The topological polar surface area (TPSA) is 64.3 Å². The van der Waals surface area contributed by atoms with Crippen molar-refractivity contribution in [2.75, 3.05) is 6.26 Å². The van der Waals surface area contributed by atoms with Crippen LogP contribution in [0.15, 0.2) is 58.6 Å². The van der Waals surface area contributed by atoms with E-state index in [1.54, 1.807) is 24.5 Å². The van der Waals surface area contributed by atoms with Gasteiger partial charge >= 0.3 is 0 Å². The van der Waals surface area contributed by atoms with Crippen LogP contribution in [0.1, 0.15) is 5.56 Å². The Bertz CT molecular complexity index is 1010. The number of nitrogens with zero attached hydrogens (tertiary/aromatic N) is 3. The first-order valence-electron chi connectivity index (χ1n) is 7.01. The van der Waals surface area contributed by atoms with Crippen LogP contribution in [0.3, 0.4) is 0 Å². The monoisotopic (exact) mass is 379 g/mol. The zero-order valence-electron chi connectivity index (χ0n) is 12.8. The van der Waals surface area contributed by atoms with Gasteiger partial charge in [0.2, 0.25) is 4.80 Å². The van der Waals surface area contributed by atoms with Crippen LogP contribution < -0.4 is 4.80 Å². The van der Waals surface area contributed by atoms with E-state index < -0.39 is 10.0 Å². The molecule has 0 N–H and O–H groups in total. The fourth-order valence-electron chi connectivity index (χ4n) is 2.22. The van der Waals surface area contributed by atoms with E-state index in [4.69, 9.17) is 11.6 Å². The second-order valence-corrected chi connectivity index (χ2v) is 8.10. The lowest BCUT2D eigenvalue weighted by molar-refractivity contribution is 0.601. The minimum Gasteiger partial charge on any atom is -0.311 e. The van der Waals surface area contributed by atoms with Crippen molar-refractivity contribution < 1.29 is 8.42 Å². The first-order valence-corrected chi connectivity index (χ1v) is 10.1. The van der Waals surface area contributed by atoms with E-state index in [1.165, 1.54) is 11.3 Å². The summed E-state index contributed by atoms with van der Waals surface area (Å²) in [6, 6.07) is 11.2. The van der Waals surface area contributed by atoms with Crippen LogP contribution in [-0.2, 0) is 16.6 Å². The number of halogens is 1. The Morgan fingerprint density at radius 1 is 1.17 bits per heavy atom. The van der Waals surface area contributed by atoms with E-state index in [9.17, 15) is 8.42 Å². The largest absolute Gasteiger partial charge is 0.311 e. The van der Waals surface area contributed by atoms with Crippen molar-refractivity contribution >= 4 is 33.0 Å². The SMILES string of the molecule is CS(=O)(=O)/N=c1/scc(-c2ccc(Cl)cc2)n1Cc1ccncc1. The Balaban J connectivity index is 2.16. The van der Waals surface area contributed by atoms with Gasteiger partial charge in [0, 0.05) is 22.8 Å². The molecule has 2 heterocycles. The molecule has 3 rings (SSSR count). The number of sulfonamides is 1. The molecule has 0 amide bonds. The molecule has 0 bridgehead atoms. The summed E-state index contributed by atoms with van der Waals surface area (Å²) in [6.07, 6.45) is 4.50. The maximum atomic E-state index is 11.6. The third kappa shape index (κ3) is 4.11. The molecule has 0 saturated carbocycles. The van der Waals surface area contributed by atoms with Crippen LogP contribution in [0.25, 0.3) is 11.3 Å². The summed E-state index contributed by atoms with van der Waals surface area (Å²) in [4.78, 5) is 4.44. The van der Waals surface area contributed by atoms with Crippen molar-refractivity contribution in [2.24, 2.45) is 4.40 Å². The zero-order valence-corrected chi connectivity index (χ0v) is 15.1. The fraction of sp³-hybridized carbons (Fsp3) is 0.125. The second-order valence-electron chi connectivity index (χ2n) is 5.18. The van der Waals surface area contributed by atoms with Gasteiger partial charge in [0.25, 0.3) is 10.0 Å². The summed E-state index contributed by atoms with van der Waals surface area (Å²) >= 11 is 7.24. The highest BCUT2D eigenvalue weighted by molar-refractivity contribution is 7.89. The average molecular weight is 380 g/mol. The lowest BCUT2D eigenvalue weighted by Gasteiger charge is -2.09. The molecule has 0 fully saturated rings. The van der Waals surface area contributed by atoms with Crippen molar-refractivity contribution in [1.29, 1.82) is 0 Å². The minimum atomic E-state index is -3.49. The van der Waals surface area contributed by atoms with Gasteiger partial charge in [0.05, 0.1) is 18.5 Å². The number of rotatable bonds is 4. The van der Waals surface area contributed by atoms with Crippen molar-refractivity contribution in [3.8, 4) is 11.3 Å². The number of benzene rings is 1. The lowest BCUT2D eigenvalue weighted by atomic mass is 10.1. The molecule has 0 atom stereocenters. The molecule has 0 saturated heterocycles. The Hall–Kier alpha value is -1.96. The van der Waals surface area contributed by atoms with Gasteiger partial charge < -0.3 is 4.57 Å². The summed E-state index contributed by atoms with van der Waals surface area (Å²) in [5, 5.41) is 2.55. The van der Waals surface area contributed by atoms with Gasteiger partial charge in [-0.2, -0.15) is 0 Å². The molecule has 124 valence electrons. The second kappa shape index (κ2) is 6.88. The van der Waals surface area contributed by atoms with E-state index in [0.717, 1.165) is 23.1 Å². The van der Waals surface area contributed by atoms with Crippen LogP contribution in [0.2, 0.25) is 5.02 Å². The van der Waals surface area contributed by atoms with E-state index in [-0.39, 0.29) is 0 Å². The van der Waals surface area contributed by atoms with Crippen LogP contribution in [0, 0.1) is 0 Å². The third-order valence-corrected chi connectivity index (χ3v) is 5.01. The van der Waals surface area contributed by atoms with Crippen molar-refractivity contribution in [2.45, 2.75) is 6.54 Å². The molecule has 2 aromatic heterocycles. The van der Waals surface area contributed by atoms with Gasteiger partial charge in [-0.1, -0.05) is 23.7 Å². The van der Waals surface area contributed by atoms with Crippen molar-refractivity contribution in [3.05, 3.63) is 69.6 Å². The summed E-state index contributed by atoms with van der Waals surface area (Å²) in [5.41, 5.74) is 2.84. The highest BCUT2D eigenvalue weighted by atomic mass is 35.5. The summed E-state index contributed by atoms with van der Waals surface area (Å²) in [7, 11) is -3.49. The summed E-state index contributed by atoms with van der Waals surface area (Å²) < 4.78 is 28.9. The number of hydrogen-bond acceptors (Lipinski definition) is 4. The summed E-state index contributed by atoms with van der Waals surface area (Å²) in [6.45, 7) is 0.498. The first-order chi connectivity index (χ1) is 11.4. The van der Waals surface area contributed by atoms with Crippen LogP contribution in [-0.4, -0.2) is 24.2 Å². The smallest absolute Gasteiger partial charge is 0.252 e. The number of pyridine rings is 1. The molecular formula is C16H14ClN3O2S2. The lowest BCUT2D eigenvalue weighted by Crippen LogP contribution is -2.18. The zero-order chi connectivity index (χ0) is 17.2. The standard InChI is InChI=1S/C16H14ClN3O2S2/c1-24(21,22)19-16-20(10-12-6-8-18-9-7-12)15(11-23-16)13-2-4-14(17)5-3-13/h2-9,11H,10H2,1H3/b19-16+. The fourth-order valence-corrected chi connectivity index (χ4v) is 4.08. The van der Waals surface area contributed by atoms with Crippen LogP contribution >= 0.6 is 22.9 Å². The molecule has 8 heteroatoms. The Labute approximate surface area is 149 Å². The Kier molecular flexibility index (Phi) is 4.84. The number of thiazole rings is 1. The van der Waals surface area contributed by atoms with Gasteiger partial charge in [0.1, 0.15) is 0 Å². The van der Waals surface area contributed by atoms with Gasteiger partial charge in [0.15, 0.2) is 0 Å². The van der Waals surface area contributed by atoms with E-state index in [1.807, 2.05) is 34.2 Å². The molecule has 5 nitrogen and oxygen atoms in total. The van der Waals surface area contributed by atoms with E-state index >= 15 is 0 Å². The third-order valence-electron chi connectivity index (χ3n) is 3.27. The van der Waals surface area contributed by atoms with Crippen LogP contribution in [0.5, 0.6) is 0 Å². The van der Waals surface area contributed by atoms with Crippen LogP contribution in [0.4, 0.5) is 0 Å². The number of hydrogen-bond donors (Lipinski definition) is 0. The predicted molar refractivity (Wildman–Crippen MR) is 96.5 cm³/mol. The van der Waals surface area contributed by atoms with Gasteiger partial charge in [-0.25, -0.2) is 8.42 Å². The van der Waals surface area contributed by atoms with Crippen molar-refractivity contribution in [3.63, 3.8) is 0 Å². The normalized spacial score (nSPS) is 12.5. The molecule has 0 radical (unpaired) electrons. The molecule has 0 aliphatic rings. The predicted octanol–water partition coefficient (Wildman–Crippen LogP) is 3.17. The van der Waals surface area contributed by atoms with E-state index in [2.05, 4.69) is 9.38 Å². The molecule has 24 heavy (non-hydrogen) atoms. The molecular weight excluding hydrogens is 366 g/mol. The van der Waals surface area contributed by atoms with Crippen molar-refractivity contribution in [1.82, 2.24) is 9.55 Å². The maximum absolute atomic E-state index is 11.6. The highest BCUT2D eigenvalue weighted by Crippen LogP contribution is 2.23. The van der Waals surface area contributed by atoms with Gasteiger partial charge in [-0.15, -0.1) is 15.7 Å². The molecule has 1 aromatic carbocycles. The highest BCUT2D eigenvalue weighted by Gasteiger charge is 2.10. The molecule has 0 unspecified atom stereocenters. The maximum Gasteiger partial charge on any atom is 0.252 e. The Morgan fingerprint density at radius 2 is 1.83 bits per heavy atom. The first kappa shape index (κ1) is 16.9. The van der Waals surface area contributed by atoms with Gasteiger partial charge in [-0.3, -0.25) is 4.98 Å². The molecule has 0 aliphatic heterocycles.